The normalized spacial score (nSPS) is 10.6. The zero-order chi connectivity index (χ0) is 14.0. The summed E-state index contributed by atoms with van der Waals surface area (Å²) in [6, 6.07) is 10.8. The number of rotatable bonds is 3. The van der Waals surface area contributed by atoms with E-state index in [0.717, 1.165) is 11.0 Å². The van der Waals surface area contributed by atoms with Gasteiger partial charge in [-0.2, -0.15) is 0 Å². The Labute approximate surface area is 131 Å². The second-order valence-electron chi connectivity index (χ2n) is 4.86. The Hall–Kier alpha value is -0.800. The average Bonchev–Trinajstić information content (AvgIpc) is 2.37. The minimum atomic E-state index is 0.842. The summed E-state index contributed by atoms with van der Waals surface area (Å²) >= 11 is 7.12. The van der Waals surface area contributed by atoms with Crippen molar-refractivity contribution in [1.82, 2.24) is 0 Å². The predicted octanol–water partition coefficient (Wildman–Crippen LogP) is 5.75. The summed E-state index contributed by atoms with van der Waals surface area (Å²) in [5.74, 6) is 0. The van der Waals surface area contributed by atoms with Crippen LogP contribution in [0.2, 0.25) is 0 Å². The van der Waals surface area contributed by atoms with Gasteiger partial charge >= 0.3 is 0 Å². The van der Waals surface area contributed by atoms with Crippen LogP contribution < -0.4 is 5.32 Å². The van der Waals surface area contributed by atoms with Crippen LogP contribution in [-0.2, 0) is 6.54 Å². The molecule has 0 bridgehead atoms. The standard InChI is InChI=1S/C16H17Br2N/c1-10-6-13(4-5-15(10)17)9-19-14-7-11(2)16(18)12(3)8-14/h4-8,19H,9H2,1-3H3. The number of anilines is 1. The van der Waals surface area contributed by atoms with E-state index in [2.05, 4.69) is 88.3 Å². The Morgan fingerprint density at radius 2 is 1.53 bits per heavy atom. The van der Waals surface area contributed by atoms with Crippen LogP contribution in [0.4, 0.5) is 5.69 Å². The van der Waals surface area contributed by atoms with Gasteiger partial charge in [0.15, 0.2) is 0 Å². The molecule has 0 saturated heterocycles. The molecular weight excluding hydrogens is 366 g/mol. The van der Waals surface area contributed by atoms with Crippen molar-refractivity contribution in [3.63, 3.8) is 0 Å². The minimum absolute atomic E-state index is 0.842. The molecule has 3 heteroatoms. The fraction of sp³-hybridized carbons (Fsp3) is 0.250. The molecule has 0 saturated carbocycles. The maximum absolute atomic E-state index is 3.59. The van der Waals surface area contributed by atoms with E-state index in [9.17, 15) is 0 Å². The van der Waals surface area contributed by atoms with E-state index < -0.39 is 0 Å². The topological polar surface area (TPSA) is 12.0 Å². The summed E-state index contributed by atoms with van der Waals surface area (Å²) in [7, 11) is 0. The highest BCUT2D eigenvalue weighted by atomic mass is 79.9. The number of hydrogen-bond acceptors (Lipinski definition) is 1. The Morgan fingerprint density at radius 3 is 2.11 bits per heavy atom. The third kappa shape index (κ3) is 3.61. The monoisotopic (exact) mass is 381 g/mol. The molecule has 0 aromatic heterocycles. The van der Waals surface area contributed by atoms with Crippen LogP contribution in [0.15, 0.2) is 39.3 Å². The first-order chi connectivity index (χ1) is 8.97. The quantitative estimate of drug-likeness (QED) is 0.712. The smallest absolute Gasteiger partial charge is 0.0400 e. The summed E-state index contributed by atoms with van der Waals surface area (Å²) in [5.41, 5.74) is 6.24. The predicted molar refractivity (Wildman–Crippen MR) is 89.8 cm³/mol. The number of aryl methyl sites for hydroxylation is 3. The van der Waals surface area contributed by atoms with Gasteiger partial charge in [0.2, 0.25) is 0 Å². The van der Waals surface area contributed by atoms with Crippen LogP contribution >= 0.6 is 31.9 Å². The van der Waals surface area contributed by atoms with Gasteiger partial charge in [-0.25, -0.2) is 0 Å². The maximum atomic E-state index is 3.59. The SMILES string of the molecule is Cc1cc(CNc2cc(C)c(Br)c(C)c2)ccc1Br. The van der Waals surface area contributed by atoms with Crippen LogP contribution in [0.5, 0.6) is 0 Å². The van der Waals surface area contributed by atoms with E-state index in [1.54, 1.807) is 0 Å². The first kappa shape index (κ1) is 14.6. The Balaban J connectivity index is 2.12. The molecule has 0 unspecified atom stereocenters. The number of halogens is 2. The van der Waals surface area contributed by atoms with Crippen molar-refractivity contribution >= 4 is 37.5 Å². The largest absolute Gasteiger partial charge is 0.381 e. The molecule has 0 spiro atoms. The van der Waals surface area contributed by atoms with Crippen molar-refractivity contribution < 1.29 is 0 Å². The molecule has 19 heavy (non-hydrogen) atoms. The van der Waals surface area contributed by atoms with Crippen molar-refractivity contribution in [2.75, 3.05) is 5.32 Å². The van der Waals surface area contributed by atoms with Gasteiger partial charge in [-0.15, -0.1) is 0 Å². The van der Waals surface area contributed by atoms with Gasteiger partial charge in [0.1, 0.15) is 0 Å². The number of nitrogens with one attached hydrogen (secondary N) is 1. The molecule has 0 aliphatic heterocycles. The molecule has 100 valence electrons. The van der Waals surface area contributed by atoms with Crippen LogP contribution in [0.3, 0.4) is 0 Å². The Bertz CT molecular complexity index is 583. The van der Waals surface area contributed by atoms with Crippen molar-refractivity contribution in [2.45, 2.75) is 27.3 Å². The minimum Gasteiger partial charge on any atom is -0.381 e. The second-order valence-corrected chi connectivity index (χ2v) is 6.51. The van der Waals surface area contributed by atoms with Crippen molar-refractivity contribution in [3.05, 3.63) is 61.5 Å². The van der Waals surface area contributed by atoms with Gasteiger partial charge in [0.05, 0.1) is 0 Å². The van der Waals surface area contributed by atoms with Gasteiger partial charge in [0, 0.05) is 21.2 Å². The number of benzene rings is 2. The molecule has 0 fully saturated rings. The van der Waals surface area contributed by atoms with E-state index in [-0.39, 0.29) is 0 Å². The highest BCUT2D eigenvalue weighted by molar-refractivity contribution is 9.10. The molecule has 1 N–H and O–H groups in total. The van der Waals surface area contributed by atoms with E-state index in [4.69, 9.17) is 0 Å². The fourth-order valence-corrected chi connectivity index (χ4v) is 2.54. The molecule has 2 aromatic carbocycles. The van der Waals surface area contributed by atoms with Gasteiger partial charge < -0.3 is 5.32 Å². The molecule has 2 aromatic rings. The van der Waals surface area contributed by atoms with E-state index in [1.807, 2.05) is 0 Å². The molecular formula is C16H17Br2N. The average molecular weight is 383 g/mol. The molecule has 0 amide bonds. The summed E-state index contributed by atoms with van der Waals surface area (Å²) in [4.78, 5) is 0. The summed E-state index contributed by atoms with van der Waals surface area (Å²) < 4.78 is 2.35. The first-order valence-corrected chi connectivity index (χ1v) is 7.81. The van der Waals surface area contributed by atoms with Gasteiger partial charge in [-0.05, 0) is 61.2 Å². The molecule has 0 atom stereocenters. The van der Waals surface area contributed by atoms with Gasteiger partial charge in [-0.1, -0.05) is 44.0 Å². The summed E-state index contributed by atoms with van der Waals surface area (Å²) in [6.07, 6.45) is 0. The molecule has 0 aliphatic rings. The van der Waals surface area contributed by atoms with Crippen molar-refractivity contribution in [2.24, 2.45) is 0 Å². The zero-order valence-electron chi connectivity index (χ0n) is 11.3. The van der Waals surface area contributed by atoms with Crippen LogP contribution in [0.25, 0.3) is 0 Å². The molecule has 0 heterocycles. The van der Waals surface area contributed by atoms with Crippen LogP contribution in [0, 0.1) is 20.8 Å². The van der Waals surface area contributed by atoms with Gasteiger partial charge in [-0.3, -0.25) is 0 Å². The van der Waals surface area contributed by atoms with E-state index in [0.29, 0.717) is 0 Å². The maximum Gasteiger partial charge on any atom is 0.0400 e. The van der Waals surface area contributed by atoms with Crippen molar-refractivity contribution in [1.29, 1.82) is 0 Å². The highest BCUT2D eigenvalue weighted by Crippen LogP contribution is 2.25. The Morgan fingerprint density at radius 1 is 0.895 bits per heavy atom. The van der Waals surface area contributed by atoms with Crippen molar-refractivity contribution in [3.8, 4) is 0 Å². The van der Waals surface area contributed by atoms with Crippen LogP contribution in [-0.4, -0.2) is 0 Å². The van der Waals surface area contributed by atoms with Gasteiger partial charge in [0.25, 0.3) is 0 Å². The second kappa shape index (κ2) is 6.10. The summed E-state index contributed by atoms with van der Waals surface area (Å²) in [6.45, 7) is 7.19. The first-order valence-electron chi connectivity index (χ1n) is 6.23. The lowest BCUT2D eigenvalue weighted by Crippen LogP contribution is -2.00. The number of hydrogen-bond donors (Lipinski definition) is 1. The summed E-state index contributed by atoms with van der Waals surface area (Å²) in [5, 5.41) is 3.48. The fourth-order valence-electron chi connectivity index (χ4n) is 2.07. The van der Waals surface area contributed by atoms with E-state index in [1.165, 1.54) is 32.4 Å². The third-order valence-electron chi connectivity index (χ3n) is 3.16. The Kier molecular flexibility index (Phi) is 4.69. The van der Waals surface area contributed by atoms with Crippen LogP contribution in [0.1, 0.15) is 22.3 Å². The lowest BCUT2D eigenvalue weighted by atomic mass is 10.1. The molecule has 0 aliphatic carbocycles. The third-order valence-corrected chi connectivity index (χ3v) is 5.30. The lowest BCUT2D eigenvalue weighted by molar-refractivity contribution is 1.13. The molecule has 2 rings (SSSR count). The zero-order valence-corrected chi connectivity index (χ0v) is 14.5. The highest BCUT2D eigenvalue weighted by Gasteiger charge is 2.03. The molecule has 1 nitrogen and oxygen atoms in total. The van der Waals surface area contributed by atoms with E-state index >= 15 is 0 Å². The lowest BCUT2D eigenvalue weighted by Gasteiger charge is -2.11. The molecule has 0 radical (unpaired) electrons.